The van der Waals surface area contributed by atoms with E-state index < -0.39 is 52.0 Å². The smallest absolute Gasteiger partial charge is 0.255 e. The van der Waals surface area contributed by atoms with E-state index in [2.05, 4.69) is 10.3 Å². The van der Waals surface area contributed by atoms with Crippen molar-refractivity contribution in [3.8, 4) is 16.9 Å². The Labute approximate surface area is 211 Å². The van der Waals surface area contributed by atoms with E-state index in [4.69, 9.17) is 5.73 Å². The van der Waals surface area contributed by atoms with Crippen LogP contribution in [0.4, 0.5) is 5.69 Å². The zero-order valence-electron chi connectivity index (χ0n) is 19.9. The van der Waals surface area contributed by atoms with Gasteiger partial charge in [0.1, 0.15) is 22.8 Å². The first-order valence-corrected chi connectivity index (χ1v) is 11.7. The van der Waals surface area contributed by atoms with Crippen molar-refractivity contribution in [1.29, 1.82) is 0 Å². The molecule has 5 rings (SSSR count). The van der Waals surface area contributed by atoms with Gasteiger partial charge in [0.2, 0.25) is 5.78 Å². The molecule has 0 radical (unpaired) electrons. The number of hydrogen-bond acceptors (Lipinski definition) is 8. The molecule has 3 aliphatic rings. The van der Waals surface area contributed by atoms with Crippen LogP contribution in [0.2, 0.25) is 0 Å². The Morgan fingerprint density at radius 2 is 1.81 bits per heavy atom. The van der Waals surface area contributed by atoms with Gasteiger partial charge in [-0.25, -0.2) is 0 Å². The molecule has 2 aromatic rings. The van der Waals surface area contributed by atoms with Crippen LogP contribution in [0.1, 0.15) is 24.0 Å². The Morgan fingerprint density at radius 1 is 1.11 bits per heavy atom. The minimum atomic E-state index is -2.58. The maximum absolute atomic E-state index is 13.6. The summed E-state index contributed by atoms with van der Waals surface area (Å²) in [5.41, 5.74) is 4.70. The van der Waals surface area contributed by atoms with Crippen molar-refractivity contribution >= 4 is 35.3 Å². The number of aliphatic imine (C=N–C) groups is 1. The van der Waals surface area contributed by atoms with Gasteiger partial charge >= 0.3 is 0 Å². The number of primary amides is 1. The first-order chi connectivity index (χ1) is 17.6. The molecule has 1 amide bonds. The largest absolute Gasteiger partial charge is 0.508 e. The number of amides is 1. The van der Waals surface area contributed by atoms with E-state index in [1.807, 2.05) is 24.3 Å². The fraction of sp³-hybridized carbons (Fsp3) is 0.259. The predicted octanol–water partition coefficient (Wildman–Crippen LogP) is 2.16. The van der Waals surface area contributed by atoms with Gasteiger partial charge in [-0.3, -0.25) is 19.4 Å². The fourth-order valence-corrected chi connectivity index (χ4v) is 5.78. The quantitative estimate of drug-likeness (QED) is 0.208. The van der Waals surface area contributed by atoms with Crippen LogP contribution in [0, 0.1) is 11.8 Å². The molecule has 1 unspecified atom stereocenters. The molecule has 0 bridgehead atoms. The Hall–Kier alpha value is -4.44. The number of aliphatic hydroxyl groups is 3. The standard InChI is InChI=1S/C27H25N3O7/c1-29-11-30-15-4-2-12(3-5-15)16-6-7-18(31)21-17(16)9-13-8-14-10-19(32)22(26(28)36)25(35)27(14,37)24(34)20(13)23(21)33/h2-7,11,13-14,31,33,35,37H,8-10H2,1H3,(H2,28,36)(H,29,30)/t13-,14?,27+/m1/s1. The molecule has 0 saturated heterocycles. The number of rotatable bonds is 4. The van der Waals surface area contributed by atoms with Crippen molar-refractivity contribution in [3.63, 3.8) is 0 Å². The number of Topliss-reactive ketones (excluding diaryl/α,β-unsaturated/α-hetero) is 2. The third-order valence-electron chi connectivity index (χ3n) is 7.50. The Balaban J connectivity index is 1.63. The third-order valence-corrected chi connectivity index (χ3v) is 7.50. The van der Waals surface area contributed by atoms with Crippen LogP contribution in [0.25, 0.3) is 16.9 Å². The third kappa shape index (κ3) is 3.52. The lowest BCUT2D eigenvalue weighted by Crippen LogP contribution is -2.58. The van der Waals surface area contributed by atoms with Crippen LogP contribution < -0.4 is 11.1 Å². The summed E-state index contributed by atoms with van der Waals surface area (Å²) >= 11 is 0. The number of aromatic hydroxyl groups is 1. The second kappa shape index (κ2) is 8.59. The SMILES string of the molecule is CN=CNc1ccc(-c2ccc(O)c3c2C[C@H]2CC4CC(=O)C(C(N)=O)=C(O)[C@@]4(O)C(=O)C2=C3O)cc1. The van der Waals surface area contributed by atoms with E-state index in [1.54, 1.807) is 19.5 Å². The molecule has 7 N–H and O–H groups in total. The summed E-state index contributed by atoms with van der Waals surface area (Å²) in [7, 11) is 1.65. The lowest BCUT2D eigenvalue weighted by Gasteiger charge is -2.46. The van der Waals surface area contributed by atoms with E-state index in [-0.39, 0.29) is 36.1 Å². The molecule has 0 aliphatic heterocycles. The molecular weight excluding hydrogens is 478 g/mol. The van der Waals surface area contributed by atoms with Gasteiger partial charge < -0.3 is 31.5 Å². The first kappa shape index (κ1) is 24.3. The molecule has 10 heteroatoms. The second-order valence-corrected chi connectivity index (χ2v) is 9.50. The lowest BCUT2D eigenvalue weighted by atomic mass is 9.59. The summed E-state index contributed by atoms with van der Waals surface area (Å²) < 4.78 is 0. The van der Waals surface area contributed by atoms with Crippen molar-refractivity contribution in [2.45, 2.75) is 24.9 Å². The van der Waals surface area contributed by atoms with Crippen molar-refractivity contribution in [2.75, 3.05) is 12.4 Å². The number of phenols is 1. The number of carbonyl (C=O) groups excluding carboxylic acids is 3. The number of aliphatic hydroxyl groups excluding tert-OH is 2. The Kier molecular flexibility index (Phi) is 5.64. The zero-order valence-corrected chi connectivity index (χ0v) is 19.9. The number of nitrogens with zero attached hydrogens (tertiary/aromatic N) is 1. The summed E-state index contributed by atoms with van der Waals surface area (Å²) in [5.74, 6) is -6.46. The van der Waals surface area contributed by atoms with Crippen LogP contribution in [0.3, 0.4) is 0 Å². The number of ketones is 2. The number of phenolic OH excluding ortho intramolecular Hbond substituents is 1. The maximum atomic E-state index is 13.6. The number of hydrogen-bond donors (Lipinski definition) is 6. The summed E-state index contributed by atoms with van der Waals surface area (Å²) in [5, 5.41) is 46.9. The van der Waals surface area contributed by atoms with Crippen LogP contribution >= 0.6 is 0 Å². The predicted molar refractivity (Wildman–Crippen MR) is 135 cm³/mol. The number of nitrogens with two attached hydrogens (primary N) is 1. The Morgan fingerprint density at radius 3 is 2.46 bits per heavy atom. The minimum Gasteiger partial charge on any atom is -0.508 e. The molecule has 1 saturated carbocycles. The fourth-order valence-electron chi connectivity index (χ4n) is 5.78. The topological polar surface area (TPSA) is 183 Å². The molecule has 1 fully saturated rings. The maximum Gasteiger partial charge on any atom is 0.255 e. The molecule has 0 heterocycles. The van der Waals surface area contributed by atoms with Crippen molar-refractivity contribution in [2.24, 2.45) is 22.6 Å². The monoisotopic (exact) mass is 503 g/mol. The van der Waals surface area contributed by atoms with Gasteiger partial charge in [-0.1, -0.05) is 18.2 Å². The second-order valence-electron chi connectivity index (χ2n) is 9.50. The molecule has 0 aromatic heterocycles. The highest BCUT2D eigenvalue weighted by Gasteiger charge is 2.60. The van der Waals surface area contributed by atoms with Crippen LogP contribution in [-0.2, 0) is 20.8 Å². The van der Waals surface area contributed by atoms with Crippen molar-refractivity contribution in [3.05, 3.63) is 64.4 Å². The van der Waals surface area contributed by atoms with Gasteiger partial charge in [0.05, 0.1) is 11.9 Å². The van der Waals surface area contributed by atoms with E-state index >= 15 is 0 Å². The highest BCUT2D eigenvalue weighted by molar-refractivity contribution is 6.22. The van der Waals surface area contributed by atoms with Gasteiger partial charge in [0.15, 0.2) is 11.4 Å². The van der Waals surface area contributed by atoms with E-state index in [0.717, 1.165) is 16.8 Å². The highest BCUT2D eigenvalue weighted by Crippen LogP contribution is 2.53. The summed E-state index contributed by atoms with van der Waals surface area (Å²) in [6.07, 6.45) is 1.51. The van der Waals surface area contributed by atoms with Crippen LogP contribution in [-0.4, -0.2) is 56.9 Å². The number of carbonyl (C=O) groups is 3. The highest BCUT2D eigenvalue weighted by atomic mass is 16.3. The van der Waals surface area contributed by atoms with Crippen LogP contribution in [0.15, 0.2) is 58.3 Å². The van der Waals surface area contributed by atoms with E-state index in [9.17, 15) is 34.8 Å². The molecule has 0 spiro atoms. The average Bonchev–Trinajstić information content (AvgIpc) is 2.85. The number of nitrogens with one attached hydrogen (secondary N) is 1. The first-order valence-electron chi connectivity index (χ1n) is 11.7. The van der Waals surface area contributed by atoms with Gasteiger partial charge in [-0.2, -0.15) is 0 Å². The Bertz CT molecular complexity index is 1460. The molecule has 3 atom stereocenters. The van der Waals surface area contributed by atoms with Crippen LogP contribution in [0.5, 0.6) is 5.75 Å². The van der Waals surface area contributed by atoms with Gasteiger partial charge in [0.25, 0.3) is 5.91 Å². The molecule has 2 aromatic carbocycles. The normalized spacial score (nSPS) is 25.1. The van der Waals surface area contributed by atoms with Crippen molar-refractivity contribution in [1.82, 2.24) is 0 Å². The molecular formula is C27H25N3O7. The summed E-state index contributed by atoms with van der Waals surface area (Å²) in [4.78, 5) is 41.7. The average molecular weight is 504 g/mol. The zero-order chi connectivity index (χ0) is 26.6. The molecule has 37 heavy (non-hydrogen) atoms. The summed E-state index contributed by atoms with van der Waals surface area (Å²) in [6, 6.07) is 10.6. The van der Waals surface area contributed by atoms with E-state index in [0.29, 0.717) is 5.56 Å². The number of fused-ring (bicyclic) bond motifs is 3. The van der Waals surface area contributed by atoms with Gasteiger partial charge in [-0.15, -0.1) is 0 Å². The molecule has 10 nitrogen and oxygen atoms in total. The van der Waals surface area contributed by atoms with Gasteiger partial charge in [-0.05, 0) is 53.6 Å². The lowest BCUT2D eigenvalue weighted by molar-refractivity contribution is -0.147. The minimum absolute atomic E-state index is 0.0601. The summed E-state index contributed by atoms with van der Waals surface area (Å²) in [6.45, 7) is 0. The van der Waals surface area contributed by atoms with Gasteiger partial charge in [0, 0.05) is 30.6 Å². The molecule has 3 aliphatic carbocycles. The molecule has 190 valence electrons. The van der Waals surface area contributed by atoms with Crippen molar-refractivity contribution < 1.29 is 34.8 Å². The van der Waals surface area contributed by atoms with E-state index in [1.165, 1.54) is 6.07 Å². The number of benzene rings is 2. The number of anilines is 1.